The Morgan fingerprint density at radius 2 is 1.94 bits per heavy atom. The third kappa shape index (κ3) is 5.97. The number of aromatic nitrogens is 3. The monoisotopic (exact) mass is 463 g/mol. The van der Waals surface area contributed by atoms with Gasteiger partial charge in [0.05, 0.1) is 17.0 Å². The zero-order valence-corrected chi connectivity index (χ0v) is 18.8. The number of nitrogens with zero attached hydrogens (tertiary/aromatic N) is 3. The predicted octanol–water partition coefficient (Wildman–Crippen LogP) is 5.54. The van der Waals surface area contributed by atoms with Gasteiger partial charge in [0.15, 0.2) is 0 Å². The van der Waals surface area contributed by atoms with Crippen LogP contribution in [-0.4, -0.2) is 27.0 Å². The number of anilines is 1. The van der Waals surface area contributed by atoms with Crippen molar-refractivity contribution in [3.63, 3.8) is 0 Å². The molecule has 0 aliphatic rings. The number of halogens is 1. The van der Waals surface area contributed by atoms with E-state index in [0.29, 0.717) is 16.3 Å². The van der Waals surface area contributed by atoms with Crippen LogP contribution in [0.5, 0.6) is 0 Å². The molecular formula is C24H22ClN5OS. The van der Waals surface area contributed by atoms with Gasteiger partial charge in [-0.15, -0.1) is 0 Å². The molecule has 6 nitrogen and oxygen atoms in total. The van der Waals surface area contributed by atoms with Crippen LogP contribution >= 0.6 is 23.5 Å². The number of nitrogens with one attached hydrogen (secondary N) is 2. The lowest BCUT2D eigenvalue weighted by atomic mass is 10.1. The van der Waals surface area contributed by atoms with E-state index in [1.165, 1.54) is 0 Å². The van der Waals surface area contributed by atoms with Crippen molar-refractivity contribution in [1.29, 1.82) is 0 Å². The zero-order valence-electron chi connectivity index (χ0n) is 17.2. The van der Waals surface area contributed by atoms with E-state index in [-0.39, 0.29) is 5.91 Å². The lowest BCUT2D eigenvalue weighted by Gasteiger charge is -2.10. The van der Waals surface area contributed by atoms with Gasteiger partial charge in [0.1, 0.15) is 0 Å². The smallest absolute Gasteiger partial charge is 0.255 e. The third-order valence-corrected chi connectivity index (χ3v) is 5.91. The Balaban J connectivity index is 1.30. The number of imidazole rings is 1. The van der Waals surface area contributed by atoms with Gasteiger partial charge >= 0.3 is 0 Å². The van der Waals surface area contributed by atoms with Crippen LogP contribution in [0.1, 0.15) is 16.8 Å². The second kappa shape index (κ2) is 10.9. The minimum absolute atomic E-state index is 0.177. The molecule has 32 heavy (non-hydrogen) atoms. The molecule has 0 atom stereocenters. The summed E-state index contributed by atoms with van der Waals surface area (Å²) in [6.45, 7) is 1.81. The lowest BCUT2D eigenvalue weighted by Crippen LogP contribution is -2.12. The largest absolute Gasteiger partial charge is 0.337 e. The van der Waals surface area contributed by atoms with Gasteiger partial charge in [-0.05, 0) is 73.0 Å². The SMILES string of the molecule is O=C(Nc1ccc(Cl)c(-c2ccccn2)c1)c1ccc(SNCCCn2ccnc2)cc1. The number of benzene rings is 2. The maximum atomic E-state index is 12.7. The lowest BCUT2D eigenvalue weighted by molar-refractivity contribution is 0.102. The molecular weight excluding hydrogens is 442 g/mol. The molecule has 0 radical (unpaired) electrons. The Kier molecular flexibility index (Phi) is 7.55. The Labute approximate surface area is 196 Å². The van der Waals surface area contributed by atoms with Gasteiger partial charge in [-0.3, -0.25) is 14.5 Å². The Hall–Kier alpha value is -3.13. The molecule has 0 aliphatic carbocycles. The molecule has 0 saturated heterocycles. The molecule has 2 heterocycles. The summed E-state index contributed by atoms with van der Waals surface area (Å²) < 4.78 is 5.40. The number of amides is 1. The number of aryl methyl sites for hydroxylation is 1. The molecule has 8 heteroatoms. The maximum absolute atomic E-state index is 12.7. The number of rotatable bonds is 9. The first kappa shape index (κ1) is 22.1. The van der Waals surface area contributed by atoms with E-state index in [1.807, 2.05) is 61.1 Å². The Bertz CT molecular complexity index is 1150. The van der Waals surface area contributed by atoms with Crippen molar-refractivity contribution in [3.8, 4) is 11.3 Å². The zero-order chi connectivity index (χ0) is 22.2. The highest BCUT2D eigenvalue weighted by molar-refractivity contribution is 7.97. The first-order valence-corrected chi connectivity index (χ1v) is 11.4. The van der Waals surface area contributed by atoms with Crippen LogP contribution in [0.15, 0.2) is 90.5 Å². The van der Waals surface area contributed by atoms with Crippen molar-refractivity contribution in [2.24, 2.45) is 0 Å². The van der Waals surface area contributed by atoms with Gasteiger partial charge in [0.25, 0.3) is 5.91 Å². The number of hydrogen-bond acceptors (Lipinski definition) is 5. The highest BCUT2D eigenvalue weighted by Crippen LogP contribution is 2.29. The van der Waals surface area contributed by atoms with Gasteiger partial charge in [0.2, 0.25) is 0 Å². The van der Waals surface area contributed by atoms with Crippen LogP contribution in [0, 0.1) is 0 Å². The van der Waals surface area contributed by atoms with E-state index in [4.69, 9.17) is 11.6 Å². The average molecular weight is 464 g/mol. The topological polar surface area (TPSA) is 71.8 Å². The van der Waals surface area contributed by atoms with E-state index in [2.05, 4.69) is 24.6 Å². The Morgan fingerprint density at radius 3 is 2.69 bits per heavy atom. The molecule has 1 amide bonds. The van der Waals surface area contributed by atoms with Crippen molar-refractivity contribution in [2.45, 2.75) is 17.9 Å². The second-order valence-electron chi connectivity index (χ2n) is 7.04. The summed E-state index contributed by atoms with van der Waals surface area (Å²) in [7, 11) is 0. The molecule has 4 aromatic rings. The van der Waals surface area contributed by atoms with Crippen LogP contribution in [-0.2, 0) is 6.54 Å². The van der Waals surface area contributed by atoms with Crippen molar-refractivity contribution in [1.82, 2.24) is 19.3 Å². The molecule has 0 aliphatic heterocycles. The minimum Gasteiger partial charge on any atom is -0.337 e. The molecule has 0 spiro atoms. The van der Waals surface area contributed by atoms with E-state index in [0.717, 1.165) is 35.7 Å². The van der Waals surface area contributed by atoms with Crippen molar-refractivity contribution in [2.75, 3.05) is 11.9 Å². The standard InChI is InChI=1S/C24H22ClN5OS/c25-22-10-7-19(16-21(22)23-4-1-2-11-27-23)29-24(31)18-5-8-20(9-6-18)32-28-12-3-14-30-15-13-26-17-30/h1-2,4-11,13,15-17,28H,3,12,14H2,(H,29,31). The van der Waals surface area contributed by atoms with E-state index in [9.17, 15) is 4.79 Å². The normalized spacial score (nSPS) is 10.8. The quantitative estimate of drug-likeness (QED) is 0.252. The van der Waals surface area contributed by atoms with E-state index >= 15 is 0 Å². The fourth-order valence-electron chi connectivity index (χ4n) is 3.09. The summed E-state index contributed by atoms with van der Waals surface area (Å²) in [5.41, 5.74) is 2.78. The third-order valence-electron chi connectivity index (χ3n) is 4.73. The molecule has 162 valence electrons. The van der Waals surface area contributed by atoms with Crippen molar-refractivity contribution >= 4 is 35.1 Å². The number of hydrogen-bond donors (Lipinski definition) is 2. The van der Waals surface area contributed by atoms with Gasteiger partial charge in [-0.25, -0.2) is 4.98 Å². The summed E-state index contributed by atoms with van der Waals surface area (Å²) in [6, 6.07) is 18.5. The number of pyridine rings is 1. The van der Waals surface area contributed by atoms with Crippen LogP contribution in [0.25, 0.3) is 11.3 Å². The average Bonchev–Trinajstić information content (AvgIpc) is 3.35. The van der Waals surface area contributed by atoms with E-state index in [1.54, 1.807) is 36.5 Å². The fraction of sp³-hybridized carbons (Fsp3) is 0.125. The molecule has 2 N–H and O–H groups in total. The summed E-state index contributed by atoms with van der Waals surface area (Å²) in [6.07, 6.45) is 8.28. The Morgan fingerprint density at radius 1 is 1.06 bits per heavy atom. The first-order valence-electron chi connectivity index (χ1n) is 10.2. The van der Waals surface area contributed by atoms with Crippen LogP contribution in [0.2, 0.25) is 5.02 Å². The second-order valence-corrected chi connectivity index (χ2v) is 8.41. The van der Waals surface area contributed by atoms with Crippen LogP contribution in [0.3, 0.4) is 0 Å². The summed E-state index contributed by atoms with van der Waals surface area (Å²) in [4.78, 5) is 22.1. The van der Waals surface area contributed by atoms with Crippen molar-refractivity contribution in [3.05, 3.63) is 96.2 Å². The molecule has 2 aromatic carbocycles. The summed E-state index contributed by atoms with van der Waals surface area (Å²) in [5, 5.41) is 3.52. The molecule has 0 bridgehead atoms. The summed E-state index contributed by atoms with van der Waals surface area (Å²) >= 11 is 7.88. The van der Waals surface area contributed by atoms with Gasteiger partial charge in [-0.1, -0.05) is 17.7 Å². The van der Waals surface area contributed by atoms with Gasteiger partial charge in [-0.2, -0.15) is 0 Å². The first-order chi connectivity index (χ1) is 15.7. The predicted molar refractivity (Wildman–Crippen MR) is 130 cm³/mol. The van der Waals surface area contributed by atoms with Gasteiger partial charge < -0.3 is 9.88 Å². The number of carbonyl (C=O) groups excluding carboxylic acids is 1. The molecule has 2 aromatic heterocycles. The van der Waals surface area contributed by atoms with Gasteiger partial charge in [0, 0.05) is 53.4 Å². The maximum Gasteiger partial charge on any atom is 0.255 e. The van der Waals surface area contributed by atoms with Crippen molar-refractivity contribution < 1.29 is 4.79 Å². The van der Waals surface area contributed by atoms with E-state index < -0.39 is 0 Å². The fourth-order valence-corrected chi connectivity index (χ4v) is 3.99. The highest BCUT2D eigenvalue weighted by atomic mass is 35.5. The molecule has 0 unspecified atom stereocenters. The van der Waals surface area contributed by atoms with Crippen LogP contribution < -0.4 is 10.0 Å². The summed E-state index contributed by atoms with van der Waals surface area (Å²) in [5.74, 6) is -0.177. The molecule has 0 fully saturated rings. The molecule has 0 saturated carbocycles. The van der Waals surface area contributed by atoms with Crippen LogP contribution in [0.4, 0.5) is 5.69 Å². The minimum atomic E-state index is -0.177. The highest BCUT2D eigenvalue weighted by Gasteiger charge is 2.10. The number of carbonyl (C=O) groups is 1. The molecule has 4 rings (SSSR count).